The fourth-order valence-electron chi connectivity index (χ4n) is 2.49. The highest BCUT2D eigenvalue weighted by molar-refractivity contribution is 7.91. The summed E-state index contributed by atoms with van der Waals surface area (Å²) in [6.07, 6.45) is 0.265. The SMILES string of the molecule is CC(=N[S+]([O-])C(C)(C)C)c1c(F)c(F)cc2c1O[C@@](C)(CN=[N+]=[N-])C2. The third kappa shape index (κ3) is 4.05. The van der Waals surface area contributed by atoms with Gasteiger partial charge in [-0.3, -0.25) is 0 Å². The van der Waals surface area contributed by atoms with Crippen LogP contribution < -0.4 is 4.74 Å². The Morgan fingerprint density at radius 2 is 2.12 bits per heavy atom. The minimum absolute atomic E-state index is 0.0188. The predicted molar refractivity (Wildman–Crippen MR) is 93.2 cm³/mol. The molecule has 0 N–H and O–H groups in total. The van der Waals surface area contributed by atoms with Crippen molar-refractivity contribution in [1.82, 2.24) is 0 Å². The highest BCUT2D eigenvalue weighted by Gasteiger charge is 2.39. The average molecular weight is 370 g/mol. The van der Waals surface area contributed by atoms with E-state index >= 15 is 0 Å². The molecule has 1 aliphatic rings. The summed E-state index contributed by atoms with van der Waals surface area (Å²) in [6.45, 7) is 8.39. The van der Waals surface area contributed by atoms with Gasteiger partial charge in [0.1, 0.15) is 33.2 Å². The summed E-state index contributed by atoms with van der Waals surface area (Å²) >= 11 is -1.63. The summed E-state index contributed by atoms with van der Waals surface area (Å²) in [5, 5.41) is 3.50. The molecule has 0 fully saturated rings. The van der Waals surface area contributed by atoms with Gasteiger partial charge in [0.15, 0.2) is 11.6 Å². The molecule has 0 aliphatic carbocycles. The van der Waals surface area contributed by atoms with Crippen molar-refractivity contribution in [3.63, 3.8) is 0 Å². The Kier molecular flexibility index (Phi) is 5.32. The molecule has 0 saturated heterocycles. The van der Waals surface area contributed by atoms with Crippen LogP contribution in [0.5, 0.6) is 5.75 Å². The maximum atomic E-state index is 14.4. The van der Waals surface area contributed by atoms with Crippen molar-refractivity contribution in [3.8, 4) is 5.75 Å². The predicted octanol–water partition coefficient (Wildman–Crippen LogP) is 4.24. The maximum Gasteiger partial charge on any atom is 0.171 e. The molecule has 0 amide bonds. The van der Waals surface area contributed by atoms with Gasteiger partial charge in [-0.2, -0.15) is 0 Å². The van der Waals surface area contributed by atoms with Crippen LogP contribution in [0.3, 0.4) is 0 Å². The van der Waals surface area contributed by atoms with E-state index in [9.17, 15) is 13.3 Å². The number of hydrogen-bond acceptors (Lipinski definition) is 4. The average Bonchev–Trinajstić information content (AvgIpc) is 2.81. The van der Waals surface area contributed by atoms with E-state index in [-0.39, 0.29) is 30.0 Å². The van der Waals surface area contributed by atoms with E-state index in [1.807, 2.05) is 0 Å². The Morgan fingerprint density at radius 3 is 2.68 bits per heavy atom. The van der Waals surface area contributed by atoms with Gasteiger partial charge in [-0.25, -0.2) is 8.78 Å². The van der Waals surface area contributed by atoms with Crippen LogP contribution in [-0.2, 0) is 17.8 Å². The number of halogens is 2. The van der Waals surface area contributed by atoms with Crippen molar-refractivity contribution in [3.05, 3.63) is 39.3 Å². The van der Waals surface area contributed by atoms with Crippen molar-refractivity contribution >= 4 is 17.1 Å². The number of ether oxygens (including phenoxy) is 1. The lowest BCUT2D eigenvalue weighted by Crippen LogP contribution is -2.33. The first kappa shape index (κ1) is 19.5. The Labute approximate surface area is 148 Å². The molecule has 1 unspecified atom stereocenters. The molecule has 0 aromatic heterocycles. The van der Waals surface area contributed by atoms with E-state index in [0.717, 1.165) is 6.07 Å². The number of benzene rings is 1. The second-order valence-corrected chi connectivity index (χ2v) is 9.10. The van der Waals surface area contributed by atoms with E-state index in [4.69, 9.17) is 10.3 Å². The first-order chi connectivity index (χ1) is 11.5. The molecule has 1 aromatic carbocycles. The van der Waals surface area contributed by atoms with Crippen molar-refractivity contribution in [1.29, 1.82) is 0 Å². The van der Waals surface area contributed by atoms with Crippen LogP contribution in [-0.4, -0.2) is 27.2 Å². The number of rotatable bonds is 4. The van der Waals surface area contributed by atoms with Crippen LogP contribution in [0.25, 0.3) is 10.4 Å². The molecule has 9 heteroatoms. The van der Waals surface area contributed by atoms with Gasteiger partial charge in [-0.05, 0) is 46.2 Å². The molecule has 0 radical (unpaired) electrons. The van der Waals surface area contributed by atoms with Crippen molar-refractivity contribution < 1.29 is 18.1 Å². The topological polar surface area (TPSA) is 93.4 Å². The van der Waals surface area contributed by atoms with E-state index < -0.39 is 33.3 Å². The monoisotopic (exact) mass is 370 g/mol. The summed E-state index contributed by atoms with van der Waals surface area (Å²) in [5.74, 6) is -1.97. The molecule has 2 rings (SSSR count). The second-order valence-electron chi connectivity index (χ2n) is 7.19. The lowest BCUT2D eigenvalue weighted by atomic mass is 9.97. The zero-order valence-electron chi connectivity index (χ0n) is 14.8. The van der Waals surface area contributed by atoms with Gasteiger partial charge >= 0.3 is 0 Å². The largest absolute Gasteiger partial charge is 0.591 e. The summed E-state index contributed by atoms with van der Waals surface area (Å²) in [6, 6.07) is 1.07. The third-order valence-electron chi connectivity index (χ3n) is 3.74. The zero-order chi connectivity index (χ0) is 19.0. The number of nitrogens with zero attached hydrogens (tertiary/aromatic N) is 4. The van der Waals surface area contributed by atoms with Crippen LogP contribution in [0.2, 0.25) is 0 Å². The highest BCUT2D eigenvalue weighted by atomic mass is 32.2. The lowest BCUT2D eigenvalue weighted by Gasteiger charge is -2.22. The molecule has 0 spiro atoms. The molecular weight excluding hydrogens is 350 g/mol. The molecule has 6 nitrogen and oxygen atoms in total. The van der Waals surface area contributed by atoms with Crippen LogP contribution in [0.1, 0.15) is 45.7 Å². The van der Waals surface area contributed by atoms with Crippen molar-refractivity contribution in [2.45, 2.75) is 51.4 Å². The Bertz CT molecular complexity index is 772. The Morgan fingerprint density at radius 1 is 1.48 bits per heavy atom. The third-order valence-corrected chi connectivity index (χ3v) is 5.22. The van der Waals surface area contributed by atoms with Gasteiger partial charge in [-0.15, -0.1) is 0 Å². The van der Waals surface area contributed by atoms with Crippen LogP contribution >= 0.6 is 0 Å². The molecule has 0 bridgehead atoms. The number of hydrogen-bond donors (Lipinski definition) is 0. The Balaban J connectivity index is 2.52. The molecule has 1 aromatic rings. The lowest BCUT2D eigenvalue weighted by molar-refractivity contribution is 0.125. The van der Waals surface area contributed by atoms with Gasteiger partial charge in [0, 0.05) is 16.9 Å². The molecular formula is C16H20F2N4O2S. The molecule has 25 heavy (non-hydrogen) atoms. The maximum absolute atomic E-state index is 14.4. The molecule has 2 atom stereocenters. The van der Waals surface area contributed by atoms with Crippen LogP contribution in [0.4, 0.5) is 8.78 Å². The van der Waals surface area contributed by atoms with Crippen molar-refractivity contribution in [2.24, 2.45) is 9.51 Å². The first-order valence-corrected chi connectivity index (χ1v) is 8.77. The van der Waals surface area contributed by atoms with Gasteiger partial charge in [-0.1, -0.05) is 9.51 Å². The molecule has 136 valence electrons. The molecule has 1 aliphatic heterocycles. The standard InChI is InChI=1S/C16H20F2N4O2S/c1-9(21-25(23)15(2,3)4)12-13(18)11(17)6-10-7-16(5,8-20-22-19)24-14(10)12/h6H,7-8H2,1-5H3/t16-,25?/m1/s1. The number of azide groups is 1. The van der Waals surface area contributed by atoms with Crippen molar-refractivity contribution in [2.75, 3.05) is 6.54 Å². The zero-order valence-corrected chi connectivity index (χ0v) is 15.6. The molecule has 0 saturated carbocycles. The quantitative estimate of drug-likeness (QED) is 0.261. The van der Waals surface area contributed by atoms with E-state index in [2.05, 4.69) is 14.4 Å². The van der Waals surface area contributed by atoms with Gasteiger partial charge in [0.25, 0.3) is 0 Å². The smallest absolute Gasteiger partial charge is 0.171 e. The Hall–Kier alpha value is -1.83. The molecule has 1 heterocycles. The van der Waals surface area contributed by atoms with E-state index in [0.29, 0.717) is 5.56 Å². The summed E-state index contributed by atoms with van der Waals surface area (Å²) in [4.78, 5) is 2.70. The van der Waals surface area contributed by atoms with Crippen LogP contribution in [0.15, 0.2) is 15.6 Å². The summed E-state index contributed by atoms with van der Waals surface area (Å²) < 4.78 is 49.9. The fraction of sp³-hybridized carbons (Fsp3) is 0.562. The summed E-state index contributed by atoms with van der Waals surface area (Å²) in [5.41, 5.74) is 8.01. The van der Waals surface area contributed by atoms with E-state index in [1.165, 1.54) is 6.92 Å². The second kappa shape index (κ2) is 6.82. The fourth-order valence-corrected chi connectivity index (χ4v) is 3.11. The minimum atomic E-state index is -1.63. The van der Waals surface area contributed by atoms with Gasteiger partial charge < -0.3 is 9.29 Å². The van der Waals surface area contributed by atoms with Gasteiger partial charge in [0.05, 0.1) is 12.1 Å². The number of fused-ring (bicyclic) bond motifs is 1. The first-order valence-electron chi connectivity index (χ1n) is 7.67. The normalized spacial score (nSPS) is 21.4. The van der Waals surface area contributed by atoms with Crippen LogP contribution in [0, 0.1) is 11.6 Å². The van der Waals surface area contributed by atoms with Gasteiger partial charge in [0.2, 0.25) is 0 Å². The minimum Gasteiger partial charge on any atom is -0.591 e. The van der Waals surface area contributed by atoms with E-state index in [1.54, 1.807) is 27.7 Å². The summed E-state index contributed by atoms with van der Waals surface area (Å²) in [7, 11) is 0. The highest BCUT2D eigenvalue weighted by Crippen LogP contribution is 2.40.